The van der Waals surface area contributed by atoms with Crippen LogP contribution in [0.2, 0.25) is 0 Å². The highest BCUT2D eigenvalue weighted by Crippen LogP contribution is 2.62. The SMILES string of the molecule is c1ccc2c(c1)Oc1cc(-c3ccccc3-c3ccccc3-c3ccc4c(c3)oc3ccccc34)ccc1C21c2ccccc2-c2ccccc21. The number of ether oxygens (including phenoxy) is 1. The van der Waals surface area contributed by atoms with E-state index in [0.717, 1.165) is 55.7 Å². The van der Waals surface area contributed by atoms with Crippen LogP contribution in [0.4, 0.5) is 0 Å². The topological polar surface area (TPSA) is 22.4 Å². The normalized spacial score (nSPS) is 13.4. The van der Waals surface area contributed by atoms with Crippen LogP contribution in [0.1, 0.15) is 22.3 Å². The summed E-state index contributed by atoms with van der Waals surface area (Å²) in [6.45, 7) is 0. The highest BCUT2D eigenvalue weighted by Gasteiger charge is 2.50. The van der Waals surface area contributed by atoms with E-state index in [0.29, 0.717) is 0 Å². The zero-order valence-electron chi connectivity index (χ0n) is 27.6. The monoisotopic (exact) mass is 650 g/mol. The van der Waals surface area contributed by atoms with Gasteiger partial charge in [-0.05, 0) is 86.0 Å². The molecule has 2 aliphatic rings. The van der Waals surface area contributed by atoms with Gasteiger partial charge in [0, 0.05) is 21.9 Å². The van der Waals surface area contributed by atoms with E-state index in [1.807, 2.05) is 12.1 Å². The number of rotatable bonds is 3. The highest BCUT2D eigenvalue weighted by molar-refractivity contribution is 6.06. The van der Waals surface area contributed by atoms with E-state index in [1.165, 1.54) is 44.5 Å². The Bertz CT molecular complexity index is 2810. The molecule has 0 N–H and O–H groups in total. The van der Waals surface area contributed by atoms with E-state index < -0.39 is 5.41 Å². The van der Waals surface area contributed by atoms with Gasteiger partial charge in [0.25, 0.3) is 0 Å². The van der Waals surface area contributed by atoms with Crippen LogP contribution in [0.15, 0.2) is 186 Å². The molecule has 1 spiro atoms. The molecule has 1 aliphatic heterocycles. The Morgan fingerprint density at radius 2 is 0.804 bits per heavy atom. The summed E-state index contributed by atoms with van der Waals surface area (Å²) in [7, 11) is 0. The minimum Gasteiger partial charge on any atom is -0.457 e. The molecule has 0 amide bonds. The molecule has 1 aromatic heterocycles. The van der Waals surface area contributed by atoms with Crippen LogP contribution in [0.5, 0.6) is 11.5 Å². The Morgan fingerprint density at radius 1 is 0.314 bits per heavy atom. The molecule has 238 valence electrons. The largest absolute Gasteiger partial charge is 0.457 e. The Balaban J connectivity index is 1.09. The summed E-state index contributed by atoms with van der Waals surface area (Å²) in [5.74, 6) is 1.78. The lowest BCUT2D eigenvalue weighted by molar-refractivity contribution is 0.436. The van der Waals surface area contributed by atoms with Gasteiger partial charge in [0.1, 0.15) is 22.7 Å². The molecule has 9 aromatic rings. The van der Waals surface area contributed by atoms with Gasteiger partial charge < -0.3 is 9.15 Å². The number of hydrogen-bond donors (Lipinski definition) is 0. The third kappa shape index (κ3) is 3.93. The van der Waals surface area contributed by atoms with Gasteiger partial charge in [-0.1, -0.05) is 152 Å². The average molecular weight is 651 g/mol. The van der Waals surface area contributed by atoms with Gasteiger partial charge in [0.05, 0.1) is 5.41 Å². The van der Waals surface area contributed by atoms with Crippen LogP contribution < -0.4 is 4.74 Å². The fourth-order valence-corrected chi connectivity index (χ4v) is 8.86. The molecular formula is C49H30O2. The van der Waals surface area contributed by atoms with Crippen LogP contribution in [0, 0.1) is 0 Å². The molecule has 2 nitrogen and oxygen atoms in total. The van der Waals surface area contributed by atoms with Crippen LogP contribution in [0.25, 0.3) is 66.4 Å². The van der Waals surface area contributed by atoms with Crippen LogP contribution >= 0.6 is 0 Å². The van der Waals surface area contributed by atoms with Gasteiger partial charge in [-0.3, -0.25) is 0 Å². The maximum Gasteiger partial charge on any atom is 0.136 e. The van der Waals surface area contributed by atoms with Crippen molar-refractivity contribution in [3.05, 3.63) is 204 Å². The molecular weight excluding hydrogens is 621 g/mol. The minimum atomic E-state index is -0.475. The Hall–Kier alpha value is -6.64. The van der Waals surface area contributed by atoms with Gasteiger partial charge in [0.2, 0.25) is 0 Å². The summed E-state index contributed by atoms with van der Waals surface area (Å²) < 4.78 is 13.2. The van der Waals surface area contributed by atoms with Crippen molar-refractivity contribution in [2.75, 3.05) is 0 Å². The van der Waals surface area contributed by atoms with Gasteiger partial charge in [-0.2, -0.15) is 0 Å². The number of fused-ring (bicyclic) bond motifs is 12. The first-order chi connectivity index (χ1) is 25.3. The predicted octanol–water partition coefficient (Wildman–Crippen LogP) is 13.1. The maximum atomic E-state index is 6.85. The van der Waals surface area contributed by atoms with Crippen molar-refractivity contribution in [1.82, 2.24) is 0 Å². The molecule has 51 heavy (non-hydrogen) atoms. The summed E-state index contributed by atoms with van der Waals surface area (Å²) in [5.41, 5.74) is 15.7. The summed E-state index contributed by atoms with van der Waals surface area (Å²) in [6.07, 6.45) is 0. The van der Waals surface area contributed by atoms with Crippen molar-refractivity contribution in [3.63, 3.8) is 0 Å². The molecule has 2 heterocycles. The molecule has 8 aromatic carbocycles. The smallest absolute Gasteiger partial charge is 0.136 e. The molecule has 11 rings (SSSR count). The van der Waals surface area contributed by atoms with Crippen molar-refractivity contribution >= 4 is 21.9 Å². The van der Waals surface area contributed by atoms with Gasteiger partial charge >= 0.3 is 0 Å². The number of furan rings is 1. The van der Waals surface area contributed by atoms with Gasteiger partial charge in [-0.15, -0.1) is 0 Å². The molecule has 0 atom stereocenters. The van der Waals surface area contributed by atoms with Crippen molar-refractivity contribution in [1.29, 1.82) is 0 Å². The van der Waals surface area contributed by atoms with E-state index >= 15 is 0 Å². The zero-order valence-corrected chi connectivity index (χ0v) is 27.6. The lowest BCUT2D eigenvalue weighted by atomic mass is 9.66. The van der Waals surface area contributed by atoms with Gasteiger partial charge in [-0.25, -0.2) is 0 Å². The van der Waals surface area contributed by atoms with E-state index in [-0.39, 0.29) is 0 Å². The molecule has 2 heteroatoms. The van der Waals surface area contributed by atoms with E-state index in [2.05, 4.69) is 170 Å². The summed E-state index contributed by atoms with van der Waals surface area (Å²) >= 11 is 0. The van der Waals surface area contributed by atoms with E-state index in [9.17, 15) is 0 Å². The second kappa shape index (κ2) is 10.7. The molecule has 0 radical (unpaired) electrons. The fourth-order valence-electron chi connectivity index (χ4n) is 8.86. The standard InChI is InChI=1S/C49H30O2/c1-3-15-35(33(13-1)31-25-27-40-39-19-7-11-23-45(39)50-47(40)29-31)36-16-4-2-14-34(36)32-26-28-44-48(30-32)51-46-24-12-10-22-43(46)49(44)41-20-8-5-17-37(41)38-18-6-9-21-42(38)49/h1-30H. The third-order valence-electron chi connectivity index (χ3n) is 11.0. The van der Waals surface area contributed by atoms with Crippen LogP contribution in [-0.2, 0) is 5.41 Å². The summed E-state index contributed by atoms with van der Waals surface area (Å²) in [6, 6.07) is 65.3. The van der Waals surface area contributed by atoms with E-state index in [4.69, 9.17) is 9.15 Å². The van der Waals surface area contributed by atoms with Crippen LogP contribution in [0.3, 0.4) is 0 Å². The highest BCUT2D eigenvalue weighted by atomic mass is 16.5. The minimum absolute atomic E-state index is 0.475. The lowest BCUT2D eigenvalue weighted by Crippen LogP contribution is -2.32. The van der Waals surface area contributed by atoms with Crippen LogP contribution in [-0.4, -0.2) is 0 Å². The first-order valence-corrected chi connectivity index (χ1v) is 17.5. The van der Waals surface area contributed by atoms with Crippen molar-refractivity contribution < 1.29 is 9.15 Å². The molecule has 0 saturated heterocycles. The van der Waals surface area contributed by atoms with Gasteiger partial charge in [0.15, 0.2) is 0 Å². The first-order valence-electron chi connectivity index (χ1n) is 17.5. The zero-order chi connectivity index (χ0) is 33.5. The maximum absolute atomic E-state index is 6.85. The second-order valence-corrected chi connectivity index (χ2v) is 13.6. The van der Waals surface area contributed by atoms with Crippen molar-refractivity contribution in [2.45, 2.75) is 5.41 Å². The van der Waals surface area contributed by atoms with Crippen molar-refractivity contribution in [2.24, 2.45) is 0 Å². The predicted molar refractivity (Wildman–Crippen MR) is 207 cm³/mol. The molecule has 0 bridgehead atoms. The number of benzene rings is 8. The number of para-hydroxylation sites is 2. The first kappa shape index (κ1) is 28.2. The summed E-state index contributed by atoms with van der Waals surface area (Å²) in [5, 5.41) is 2.27. The Labute approximate surface area is 295 Å². The fraction of sp³-hybridized carbons (Fsp3) is 0.0204. The average Bonchev–Trinajstić information content (AvgIpc) is 3.71. The lowest BCUT2D eigenvalue weighted by Gasteiger charge is -2.39. The van der Waals surface area contributed by atoms with Crippen molar-refractivity contribution in [3.8, 4) is 56.0 Å². The summed E-state index contributed by atoms with van der Waals surface area (Å²) in [4.78, 5) is 0. The van der Waals surface area contributed by atoms with E-state index in [1.54, 1.807) is 0 Å². The number of hydrogen-bond acceptors (Lipinski definition) is 2. The Kier molecular flexibility index (Phi) is 5.91. The molecule has 0 saturated carbocycles. The molecule has 0 unspecified atom stereocenters. The quantitative estimate of drug-likeness (QED) is 0.190. The molecule has 1 aliphatic carbocycles. The second-order valence-electron chi connectivity index (χ2n) is 13.6. The molecule has 0 fully saturated rings. The third-order valence-corrected chi connectivity index (χ3v) is 11.0. The Morgan fingerprint density at radius 3 is 1.51 bits per heavy atom.